The van der Waals surface area contributed by atoms with Crippen LogP contribution < -0.4 is 0 Å². The fraction of sp³-hybridized carbons (Fsp3) is 0.600. The van der Waals surface area contributed by atoms with E-state index in [0.717, 1.165) is 12.5 Å². The maximum absolute atomic E-state index is 13.5. The zero-order valence-electron chi connectivity index (χ0n) is 11.4. The number of rotatable bonds is 4. The molecule has 0 nitrogen and oxygen atoms in total. The highest BCUT2D eigenvalue weighted by Gasteiger charge is 2.23. The van der Waals surface area contributed by atoms with Gasteiger partial charge < -0.3 is 0 Å². The van der Waals surface area contributed by atoms with Gasteiger partial charge in [0.05, 0.1) is 0 Å². The molecule has 0 bridgehead atoms. The molecule has 2 atom stereocenters. The van der Waals surface area contributed by atoms with Crippen molar-refractivity contribution in [3.05, 3.63) is 35.4 Å². The van der Waals surface area contributed by atoms with E-state index in [4.69, 9.17) is 11.6 Å². The molecule has 2 unspecified atom stereocenters. The molecule has 1 aromatic rings. The van der Waals surface area contributed by atoms with Gasteiger partial charge in [-0.25, -0.2) is 8.78 Å². The minimum Gasteiger partial charge on any atom is -0.207 e. The van der Waals surface area contributed by atoms with E-state index < -0.39 is 11.6 Å². The topological polar surface area (TPSA) is 0 Å². The quantitative estimate of drug-likeness (QED) is 0.663. The van der Waals surface area contributed by atoms with Crippen molar-refractivity contribution in [2.24, 2.45) is 11.3 Å². The van der Waals surface area contributed by atoms with Gasteiger partial charge in [-0.1, -0.05) is 33.8 Å². The Morgan fingerprint density at radius 1 is 1.22 bits per heavy atom. The lowest BCUT2D eigenvalue weighted by atomic mass is 9.79. The number of hydrogen-bond acceptors (Lipinski definition) is 0. The summed E-state index contributed by atoms with van der Waals surface area (Å²) in [4.78, 5) is 0. The third-order valence-electron chi connectivity index (χ3n) is 3.54. The van der Waals surface area contributed by atoms with Crippen LogP contribution in [-0.2, 0) is 6.42 Å². The fourth-order valence-corrected chi connectivity index (χ4v) is 2.18. The van der Waals surface area contributed by atoms with E-state index in [-0.39, 0.29) is 10.8 Å². The van der Waals surface area contributed by atoms with E-state index in [1.54, 1.807) is 0 Å². The van der Waals surface area contributed by atoms with Gasteiger partial charge in [-0.15, -0.1) is 11.6 Å². The van der Waals surface area contributed by atoms with E-state index >= 15 is 0 Å². The van der Waals surface area contributed by atoms with E-state index in [1.807, 2.05) is 0 Å². The maximum atomic E-state index is 13.5. The second-order valence-corrected chi connectivity index (χ2v) is 6.66. The largest absolute Gasteiger partial charge is 0.207 e. The van der Waals surface area contributed by atoms with Crippen LogP contribution in [0, 0.1) is 23.0 Å². The molecule has 0 saturated carbocycles. The minimum atomic E-state index is -0.551. The predicted molar refractivity (Wildman–Crippen MR) is 72.9 cm³/mol. The number of halogens is 3. The highest BCUT2D eigenvalue weighted by Crippen LogP contribution is 2.31. The lowest BCUT2D eigenvalue weighted by Crippen LogP contribution is -2.21. The SMILES string of the molecule is CC(CC(Cl)Cc1ccc(F)cc1F)C(C)(C)C. The molecule has 0 heterocycles. The predicted octanol–water partition coefficient (Wildman–Crippen LogP) is 5.19. The Morgan fingerprint density at radius 2 is 1.83 bits per heavy atom. The first-order valence-electron chi connectivity index (χ1n) is 6.28. The molecular weight excluding hydrogens is 254 g/mol. The zero-order chi connectivity index (χ0) is 13.9. The molecule has 0 saturated heterocycles. The van der Waals surface area contributed by atoms with Gasteiger partial charge in [-0.2, -0.15) is 0 Å². The van der Waals surface area contributed by atoms with Gasteiger partial charge in [-0.3, -0.25) is 0 Å². The molecule has 0 N–H and O–H groups in total. The van der Waals surface area contributed by atoms with Crippen LogP contribution in [0.1, 0.15) is 39.7 Å². The van der Waals surface area contributed by atoms with E-state index in [0.29, 0.717) is 17.9 Å². The molecule has 0 aliphatic rings. The Balaban J connectivity index is 2.62. The smallest absolute Gasteiger partial charge is 0.129 e. The molecule has 0 radical (unpaired) electrons. The average molecular weight is 275 g/mol. The van der Waals surface area contributed by atoms with Crippen molar-refractivity contribution in [3.8, 4) is 0 Å². The van der Waals surface area contributed by atoms with Crippen LogP contribution in [0.2, 0.25) is 0 Å². The molecule has 1 rings (SSSR count). The van der Waals surface area contributed by atoms with Crippen LogP contribution in [0.3, 0.4) is 0 Å². The molecule has 1 aromatic carbocycles. The summed E-state index contributed by atoms with van der Waals surface area (Å²) < 4.78 is 26.3. The van der Waals surface area contributed by atoms with Crippen LogP contribution in [-0.4, -0.2) is 5.38 Å². The molecule has 0 aliphatic heterocycles. The van der Waals surface area contributed by atoms with Crippen LogP contribution in [0.15, 0.2) is 18.2 Å². The normalized spacial score (nSPS) is 15.5. The Labute approximate surface area is 113 Å². The molecule has 0 aliphatic carbocycles. The number of hydrogen-bond donors (Lipinski definition) is 0. The second kappa shape index (κ2) is 6.01. The van der Waals surface area contributed by atoms with E-state index in [1.165, 1.54) is 12.1 Å². The molecular formula is C15H21ClF2. The third kappa shape index (κ3) is 4.56. The first-order valence-corrected chi connectivity index (χ1v) is 6.71. The molecule has 0 spiro atoms. The lowest BCUT2D eigenvalue weighted by molar-refractivity contribution is 0.244. The van der Waals surface area contributed by atoms with E-state index in [9.17, 15) is 8.78 Å². The van der Waals surface area contributed by atoms with Crippen LogP contribution in [0.5, 0.6) is 0 Å². The van der Waals surface area contributed by atoms with Crippen molar-refractivity contribution in [3.63, 3.8) is 0 Å². The van der Waals surface area contributed by atoms with Crippen molar-refractivity contribution in [2.75, 3.05) is 0 Å². The van der Waals surface area contributed by atoms with Gasteiger partial charge in [0.1, 0.15) is 11.6 Å². The van der Waals surface area contributed by atoms with Gasteiger partial charge in [0.2, 0.25) is 0 Å². The molecule has 0 fully saturated rings. The minimum absolute atomic E-state index is 0.126. The molecule has 18 heavy (non-hydrogen) atoms. The van der Waals surface area contributed by atoms with Crippen molar-refractivity contribution in [2.45, 2.75) is 45.9 Å². The summed E-state index contributed by atoms with van der Waals surface area (Å²) in [6.45, 7) is 8.65. The van der Waals surface area contributed by atoms with Gasteiger partial charge in [0.25, 0.3) is 0 Å². The monoisotopic (exact) mass is 274 g/mol. The Morgan fingerprint density at radius 3 is 2.33 bits per heavy atom. The molecule has 3 heteroatoms. The summed E-state index contributed by atoms with van der Waals surface area (Å²) in [7, 11) is 0. The Bertz CT molecular complexity index is 396. The maximum Gasteiger partial charge on any atom is 0.129 e. The van der Waals surface area contributed by atoms with Gasteiger partial charge in [-0.05, 0) is 35.8 Å². The van der Waals surface area contributed by atoms with Crippen LogP contribution in [0.25, 0.3) is 0 Å². The van der Waals surface area contributed by atoms with Crippen molar-refractivity contribution in [1.82, 2.24) is 0 Å². The molecule has 102 valence electrons. The first-order chi connectivity index (χ1) is 8.20. The van der Waals surface area contributed by atoms with Gasteiger partial charge in [0, 0.05) is 11.4 Å². The molecule has 0 aromatic heterocycles. The zero-order valence-corrected chi connectivity index (χ0v) is 12.2. The summed E-state index contributed by atoms with van der Waals surface area (Å²) in [5, 5.41) is -0.126. The van der Waals surface area contributed by atoms with Crippen molar-refractivity contribution < 1.29 is 8.78 Å². The van der Waals surface area contributed by atoms with Crippen LogP contribution >= 0.6 is 11.6 Å². The number of alkyl halides is 1. The summed E-state index contributed by atoms with van der Waals surface area (Å²) >= 11 is 6.27. The highest BCUT2D eigenvalue weighted by molar-refractivity contribution is 6.20. The van der Waals surface area contributed by atoms with Crippen LogP contribution in [0.4, 0.5) is 8.78 Å². The number of benzene rings is 1. The lowest BCUT2D eigenvalue weighted by Gasteiger charge is -2.29. The standard InChI is InChI=1S/C15H21ClF2/c1-10(15(2,3)4)7-12(16)8-11-5-6-13(17)9-14(11)18/h5-6,9-10,12H,7-8H2,1-4H3. The summed E-state index contributed by atoms with van der Waals surface area (Å²) in [5.41, 5.74) is 0.673. The van der Waals surface area contributed by atoms with Gasteiger partial charge >= 0.3 is 0 Å². The summed E-state index contributed by atoms with van der Waals surface area (Å²) in [6, 6.07) is 3.66. The Kier molecular flexibility index (Phi) is 5.15. The van der Waals surface area contributed by atoms with Crippen molar-refractivity contribution in [1.29, 1.82) is 0 Å². The highest BCUT2D eigenvalue weighted by atomic mass is 35.5. The second-order valence-electron chi connectivity index (χ2n) is 6.04. The van der Waals surface area contributed by atoms with Gasteiger partial charge in [0.15, 0.2) is 0 Å². The Hall–Kier alpha value is -0.630. The van der Waals surface area contributed by atoms with E-state index in [2.05, 4.69) is 27.7 Å². The summed E-state index contributed by atoms with van der Waals surface area (Å²) in [5.74, 6) is -0.613. The fourth-order valence-electron chi connectivity index (χ4n) is 1.75. The average Bonchev–Trinajstić information content (AvgIpc) is 2.20. The first kappa shape index (κ1) is 15.4. The summed E-state index contributed by atoms with van der Waals surface area (Å²) in [6.07, 6.45) is 1.26. The third-order valence-corrected chi connectivity index (χ3v) is 3.88. The van der Waals surface area contributed by atoms with Crippen molar-refractivity contribution >= 4 is 11.6 Å². The molecule has 0 amide bonds.